The maximum atomic E-state index is 6.34. The molecule has 0 heterocycles. The molecule has 2 fully saturated rings. The van der Waals surface area contributed by atoms with Crippen molar-refractivity contribution in [3.8, 4) is 11.5 Å². The molecule has 110 valence electrons. The second kappa shape index (κ2) is 5.97. The first kappa shape index (κ1) is 14.2. The molecule has 0 aliphatic heterocycles. The van der Waals surface area contributed by atoms with Crippen LogP contribution in [0.1, 0.15) is 45.4 Å². The molecule has 2 atom stereocenters. The zero-order valence-electron chi connectivity index (χ0n) is 12.1. The number of hydrogen-bond acceptors (Lipinski definition) is 2. The van der Waals surface area contributed by atoms with Gasteiger partial charge in [0.15, 0.2) is 11.5 Å². The zero-order chi connectivity index (χ0) is 14.0. The van der Waals surface area contributed by atoms with Crippen molar-refractivity contribution in [2.75, 3.05) is 6.61 Å². The molecule has 2 aliphatic rings. The van der Waals surface area contributed by atoms with Crippen molar-refractivity contribution in [1.29, 1.82) is 0 Å². The Hall–Kier alpha value is -0.700. The van der Waals surface area contributed by atoms with E-state index in [4.69, 9.17) is 9.47 Å². The van der Waals surface area contributed by atoms with Crippen molar-refractivity contribution in [3.05, 3.63) is 24.3 Å². The molecule has 0 N–H and O–H groups in total. The first-order valence-electron chi connectivity index (χ1n) is 7.79. The molecule has 3 rings (SSSR count). The average Bonchev–Trinajstić information content (AvgIpc) is 2.50. The SMILES string of the molecule is CCOc1ccccc1OC1CC(Br)C12CCCCC2. The Morgan fingerprint density at radius 3 is 2.50 bits per heavy atom. The summed E-state index contributed by atoms with van der Waals surface area (Å²) in [6, 6.07) is 8.05. The zero-order valence-corrected chi connectivity index (χ0v) is 13.7. The van der Waals surface area contributed by atoms with Crippen LogP contribution >= 0.6 is 15.9 Å². The Kier molecular flexibility index (Phi) is 4.25. The number of halogens is 1. The van der Waals surface area contributed by atoms with Crippen molar-refractivity contribution < 1.29 is 9.47 Å². The first-order chi connectivity index (χ1) is 9.76. The molecule has 3 heteroatoms. The molecule has 2 unspecified atom stereocenters. The van der Waals surface area contributed by atoms with Crippen LogP contribution in [-0.4, -0.2) is 17.5 Å². The smallest absolute Gasteiger partial charge is 0.161 e. The quantitative estimate of drug-likeness (QED) is 0.723. The monoisotopic (exact) mass is 338 g/mol. The standard InChI is InChI=1S/C17H23BrO2/c1-2-19-13-8-4-5-9-14(13)20-16-12-15(18)17(16)10-6-3-7-11-17/h4-5,8-9,15-16H,2-3,6-7,10-12H2,1H3. The van der Waals surface area contributed by atoms with Gasteiger partial charge in [-0.05, 0) is 38.3 Å². The Morgan fingerprint density at radius 2 is 1.85 bits per heavy atom. The van der Waals surface area contributed by atoms with Crippen LogP contribution in [0, 0.1) is 5.41 Å². The third-order valence-corrected chi connectivity index (χ3v) is 6.17. The van der Waals surface area contributed by atoms with Gasteiger partial charge < -0.3 is 9.47 Å². The maximum Gasteiger partial charge on any atom is 0.161 e. The van der Waals surface area contributed by atoms with Crippen molar-refractivity contribution in [2.45, 2.75) is 56.4 Å². The molecular weight excluding hydrogens is 316 g/mol. The Morgan fingerprint density at radius 1 is 1.15 bits per heavy atom. The van der Waals surface area contributed by atoms with Crippen LogP contribution in [-0.2, 0) is 0 Å². The van der Waals surface area contributed by atoms with E-state index >= 15 is 0 Å². The number of rotatable bonds is 4. The maximum absolute atomic E-state index is 6.34. The molecule has 0 saturated heterocycles. The number of benzene rings is 1. The number of hydrogen-bond donors (Lipinski definition) is 0. The van der Waals surface area contributed by atoms with Gasteiger partial charge >= 0.3 is 0 Å². The summed E-state index contributed by atoms with van der Waals surface area (Å²) in [5, 5.41) is 0. The van der Waals surface area contributed by atoms with E-state index in [0.717, 1.165) is 17.9 Å². The van der Waals surface area contributed by atoms with E-state index < -0.39 is 0 Å². The number of ether oxygens (including phenoxy) is 2. The van der Waals surface area contributed by atoms with Crippen LogP contribution in [0.2, 0.25) is 0 Å². The summed E-state index contributed by atoms with van der Waals surface area (Å²) >= 11 is 3.87. The number of para-hydroxylation sites is 2. The van der Waals surface area contributed by atoms with E-state index in [1.165, 1.54) is 32.1 Å². The summed E-state index contributed by atoms with van der Waals surface area (Å²) in [5.74, 6) is 1.78. The van der Waals surface area contributed by atoms with E-state index in [-0.39, 0.29) is 0 Å². The van der Waals surface area contributed by atoms with E-state index in [2.05, 4.69) is 15.9 Å². The van der Waals surface area contributed by atoms with Crippen LogP contribution in [0.5, 0.6) is 11.5 Å². The fourth-order valence-corrected chi connectivity index (χ4v) is 4.78. The van der Waals surface area contributed by atoms with Gasteiger partial charge in [0.05, 0.1) is 6.61 Å². The van der Waals surface area contributed by atoms with Crippen LogP contribution in [0.3, 0.4) is 0 Å². The van der Waals surface area contributed by atoms with E-state index in [0.29, 0.717) is 23.0 Å². The van der Waals surface area contributed by atoms with E-state index in [9.17, 15) is 0 Å². The minimum Gasteiger partial charge on any atom is -0.490 e. The summed E-state index contributed by atoms with van der Waals surface area (Å²) in [5.41, 5.74) is 0.359. The third kappa shape index (κ3) is 2.45. The van der Waals surface area contributed by atoms with Gasteiger partial charge in [-0.1, -0.05) is 47.3 Å². The molecule has 0 bridgehead atoms. The molecule has 0 radical (unpaired) electrons. The summed E-state index contributed by atoms with van der Waals surface area (Å²) < 4.78 is 12.0. The predicted molar refractivity (Wildman–Crippen MR) is 84.9 cm³/mol. The highest BCUT2D eigenvalue weighted by molar-refractivity contribution is 9.09. The van der Waals surface area contributed by atoms with Crippen molar-refractivity contribution in [1.82, 2.24) is 0 Å². The minimum absolute atomic E-state index is 0.341. The second-order valence-corrected chi connectivity index (χ2v) is 7.09. The van der Waals surface area contributed by atoms with Crippen LogP contribution in [0.15, 0.2) is 24.3 Å². The van der Waals surface area contributed by atoms with Gasteiger partial charge in [0.1, 0.15) is 6.10 Å². The molecule has 1 spiro atoms. The lowest BCUT2D eigenvalue weighted by atomic mass is 9.58. The highest BCUT2D eigenvalue weighted by Crippen LogP contribution is 2.56. The normalized spacial score (nSPS) is 27.9. The fourth-order valence-electron chi connectivity index (χ4n) is 3.68. The summed E-state index contributed by atoms with van der Waals surface area (Å²) in [4.78, 5) is 0.625. The Balaban J connectivity index is 1.75. The highest BCUT2D eigenvalue weighted by atomic mass is 79.9. The molecule has 20 heavy (non-hydrogen) atoms. The average molecular weight is 339 g/mol. The van der Waals surface area contributed by atoms with Crippen LogP contribution in [0.25, 0.3) is 0 Å². The van der Waals surface area contributed by atoms with Gasteiger partial charge in [-0.25, -0.2) is 0 Å². The van der Waals surface area contributed by atoms with Crippen LogP contribution in [0.4, 0.5) is 0 Å². The molecule has 1 aromatic carbocycles. The second-order valence-electron chi connectivity index (χ2n) is 5.98. The van der Waals surface area contributed by atoms with Gasteiger partial charge in [0.2, 0.25) is 0 Å². The molecule has 1 aromatic rings. The van der Waals surface area contributed by atoms with Gasteiger partial charge in [-0.15, -0.1) is 0 Å². The summed E-state index contributed by atoms with van der Waals surface area (Å²) in [7, 11) is 0. The van der Waals surface area contributed by atoms with Crippen molar-refractivity contribution in [2.24, 2.45) is 5.41 Å². The molecule has 2 saturated carbocycles. The molecular formula is C17H23BrO2. The molecule has 2 aliphatic carbocycles. The first-order valence-corrected chi connectivity index (χ1v) is 8.70. The lowest BCUT2D eigenvalue weighted by Gasteiger charge is -2.55. The molecule has 2 nitrogen and oxygen atoms in total. The van der Waals surface area contributed by atoms with Crippen LogP contribution < -0.4 is 9.47 Å². The lowest BCUT2D eigenvalue weighted by Crippen LogP contribution is -2.57. The van der Waals surface area contributed by atoms with Crippen molar-refractivity contribution >= 4 is 15.9 Å². The molecule has 0 amide bonds. The fraction of sp³-hybridized carbons (Fsp3) is 0.647. The third-order valence-electron chi connectivity index (χ3n) is 4.89. The number of alkyl halides is 1. The van der Waals surface area contributed by atoms with Gasteiger partial charge in [-0.3, -0.25) is 0 Å². The minimum atomic E-state index is 0.341. The van der Waals surface area contributed by atoms with Gasteiger partial charge in [0, 0.05) is 10.2 Å². The van der Waals surface area contributed by atoms with E-state index in [1.54, 1.807) is 0 Å². The predicted octanol–water partition coefficient (Wildman–Crippen LogP) is 4.95. The summed E-state index contributed by atoms with van der Waals surface area (Å²) in [6.45, 7) is 2.69. The van der Waals surface area contributed by atoms with E-state index in [1.807, 2.05) is 31.2 Å². The molecule has 0 aromatic heterocycles. The largest absolute Gasteiger partial charge is 0.490 e. The Labute approximate surface area is 130 Å². The lowest BCUT2D eigenvalue weighted by molar-refractivity contribution is -0.0611. The van der Waals surface area contributed by atoms with Crippen molar-refractivity contribution in [3.63, 3.8) is 0 Å². The topological polar surface area (TPSA) is 18.5 Å². The van der Waals surface area contributed by atoms with Gasteiger partial charge in [0.25, 0.3) is 0 Å². The Bertz CT molecular complexity index is 454. The highest BCUT2D eigenvalue weighted by Gasteiger charge is 2.55. The van der Waals surface area contributed by atoms with Gasteiger partial charge in [-0.2, -0.15) is 0 Å². The summed E-state index contributed by atoms with van der Waals surface area (Å²) in [6.07, 6.45) is 8.11.